The van der Waals surface area contributed by atoms with Gasteiger partial charge in [-0.1, -0.05) is 12.1 Å². The maximum Gasteiger partial charge on any atom is 0.255 e. The Kier molecular flexibility index (Phi) is 4.69. The van der Waals surface area contributed by atoms with Crippen molar-refractivity contribution in [1.82, 2.24) is 9.88 Å². The molecule has 2 heterocycles. The Morgan fingerprint density at radius 1 is 1.21 bits per heavy atom. The van der Waals surface area contributed by atoms with Crippen LogP contribution in [0.15, 0.2) is 42.6 Å². The number of amides is 1. The van der Waals surface area contributed by atoms with Gasteiger partial charge in [-0.25, -0.2) is 4.98 Å². The molecule has 0 radical (unpaired) electrons. The third-order valence-corrected chi connectivity index (χ3v) is 4.47. The Morgan fingerprint density at radius 2 is 1.96 bits per heavy atom. The molecule has 1 aromatic carbocycles. The smallest absolute Gasteiger partial charge is 0.255 e. The second-order valence-electron chi connectivity index (χ2n) is 6.23. The number of carbonyl (C=O) groups is 1. The molecule has 0 bridgehead atoms. The monoisotopic (exact) mass is 325 g/mol. The van der Waals surface area contributed by atoms with Crippen LogP contribution in [0.1, 0.15) is 34.8 Å². The van der Waals surface area contributed by atoms with Crippen LogP contribution in [0.2, 0.25) is 0 Å². The fraction of sp³-hybridized carbons (Fsp3) is 0.368. The summed E-state index contributed by atoms with van der Waals surface area (Å²) in [4.78, 5) is 21.1. The highest BCUT2D eigenvalue weighted by molar-refractivity contribution is 5.94. The molecule has 0 saturated carbocycles. The molecule has 5 nitrogen and oxygen atoms in total. The van der Waals surface area contributed by atoms with E-state index in [-0.39, 0.29) is 11.9 Å². The van der Waals surface area contributed by atoms with Crippen molar-refractivity contribution in [3.63, 3.8) is 0 Å². The van der Waals surface area contributed by atoms with E-state index in [1.54, 1.807) is 13.3 Å². The van der Waals surface area contributed by atoms with Gasteiger partial charge in [0.05, 0.1) is 18.7 Å². The van der Waals surface area contributed by atoms with Gasteiger partial charge in [0.15, 0.2) is 0 Å². The summed E-state index contributed by atoms with van der Waals surface area (Å²) in [5.74, 6) is 1.73. The minimum atomic E-state index is 0.0473. The summed E-state index contributed by atoms with van der Waals surface area (Å²) in [7, 11) is 5.53. The van der Waals surface area contributed by atoms with Crippen LogP contribution < -0.4 is 9.64 Å². The van der Waals surface area contributed by atoms with Crippen LogP contribution in [-0.2, 0) is 0 Å². The maximum absolute atomic E-state index is 12.9. The first-order valence-electron chi connectivity index (χ1n) is 8.18. The van der Waals surface area contributed by atoms with Gasteiger partial charge in [0.2, 0.25) is 0 Å². The minimum absolute atomic E-state index is 0.0473. The average molecular weight is 325 g/mol. The highest BCUT2D eigenvalue weighted by atomic mass is 16.5. The Morgan fingerprint density at radius 3 is 2.54 bits per heavy atom. The first-order valence-corrected chi connectivity index (χ1v) is 8.18. The number of aromatic nitrogens is 1. The third kappa shape index (κ3) is 3.20. The fourth-order valence-electron chi connectivity index (χ4n) is 3.13. The number of methoxy groups -OCH3 is 1. The lowest BCUT2D eigenvalue weighted by Crippen LogP contribution is -2.30. The van der Waals surface area contributed by atoms with Crippen molar-refractivity contribution >= 4 is 11.7 Å². The molecule has 1 aromatic heterocycles. The van der Waals surface area contributed by atoms with Gasteiger partial charge in [-0.2, -0.15) is 0 Å². The SMILES string of the molecule is COc1ccc(C2CCCN2C(=O)c2ccc(N(C)C)nc2)cc1. The van der Waals surface area contributed by atoms with Crippen LogP contribution in [0.25, 0.3) is 0 Å². The van der Waals surface area contributed by atoms with E-state index < -0.39 is 0 Å². The third-order valence-electron chi connectivity index (χ3n) is 4.47. The Hall–Kier alpha value is -2.56. The van der Waals surface area contributed by atoms with E-state index in [9.17, 15) is 4.79 Å². The molecule has 1 aliphatic rings. The summed E-state index contributed by atoms with van der Waals surface area (Å²) in [6, 6.07) is 11.8. The van der Waals surface area contributed by atoms with Gasteiger partial charge < -0.3 is 14.5 Å². The molecule has 1 saturated heterocycles. The number of rotatable bonds is 4. The van der Waals surface area contributed by atoms with Gasteiger partial charge in [0.25, 0.3) is 5.91 Å². The van der Waals surface area contributed by atoms with Crippen LogP contribution in [0, 0.1) is 0 Å². The van der Waals surface area contributed by atoms with Crippen molar-refractivity contribution in [3.05, 3.63) is 53.7 Å². The molecule has 1 amide bonds. The molecule has 126 valence electrons. The molecule has 2 aromatic rings. The van der Waals surface area contributed by atoms with Crippen LogP contribution in [0.3, 0.4) is 0 Å². The summed E-state index contributed by atoms with van der Waals surface area (Å²) < 4.78 is 5.21. The molecule has 3 rings (SSSR count). The van der Waals surface area contributed by atoms with Crippen molar-refractivity contribution in [1.29, 1.82) is 0 Å². The predicted molar refractivity (Wildman–Crippen MR) is 94.6 cm³/mol. The van der Waals surface area contributed by atoms with Crippen LogP contribution in [-0.4, -0.2) is 43.5 Å². The molecule has 1 unspecified atom stereocenters. The molecule has 0 N–H and O–H groups in total. The Balaban J connectivity index is 1.80. The number of pyridine rings is 1. The number of hydrogen-bond donors (Lipinski definition) is 0. The van der Waals surface area contributed by atoms with E-state index in [4.69, 9.17) is 4.74 Å². The summed E-state index contributed by atoms with van der Waals surface area (Å²) in [6.45, 7) is 0.783. The summed E-state index contributed by atoms with van der Waals surface area (Å²) >= 11 is 0. The van der Waals surface area contributed by atoms with Gasteiger partial charge in [0, 0.05) is 26.8 Å². The fourth-order valence-corrected chi connectivity index (χ4v) is 3.13. The number of hydrogen-bond acceptors (Lipinski definition) is 4. The summed E-state index contributed by atoms with van der Waals surface area (Å²) in [6.07, 6.45) is 3.67. The van der Waals surface area contributed by atoms with E-state index in [1.807, 2.05) is 60.3 Å². The lowest BCUT2D eigenvalue weighted by molar-refractivity contribution is 0.0735. The number of nitrogens with zero attached hydrogens (tertiary/aromatic N) is 3. The van der Waals surface area contributed by atoms with Crippen molar-refractivity contribution in [2.24, 2.45) is 0 Å². The number of benzene rings is 1. The normalized spacial score (nSPS) is 17.0. The molecule has 5 heteroatoms. The zero-order valence-corrected chi connectivity index (χ0v) is 14.4. The van der Waals surface area contributed by atoms with Crippen molar-refractivity contribution < 1.29 is 9.53 Å². The highest BCUT2D eigenvalue weighted by Gasteiger charge is 2.30. The summed E-state index contributed by atoms with van der Waals surface area (Å²) in [5.41, 5.74) is 1.79. The number of ether oxygens (including phenoxy) is 1. The molecule has 0 aliphatic carbocycles. The van der Waals surface area contributed by atoms with E-state index in [1.165, 1.54) is 0 Å². The number of likely N-dealkylation sites (tertiary alicyclic amines) is 1. The first kappa shape index (κ1) is 16.3. The summed E-state index contributed by atoms with van der Waals surface area (Å²) in [5, 5.41) is 0. The predicted octanol–water partition coefficient (Wildman–Crippen LogP) is 3.13. The van der Waals surface area contributed by atoms with Gasteiger partial charge in [-0.3, -0.25) is 4.79 Å². The van der Waals surface area contributed by atoms with Crippen LogP contribution in [0.5, 0.6) is 5.75 Å². The molecule has 0 spiro atoms. The van der Waals surface area contributed by atoms with E-state index in [2.05, 4.69) is 4.98 Å². The molecule has 1 atom stereocenters. The maximum atomic E-state index is 12.9. The zero-order valence-electron chi connectivity index (χ0n) is 14.4. The average Bonchev–Trinajstić information content (AvgIpc) is 3.11. The zero-order chi connectivity index (χ0) is 17.1. The Bertz CT molecular complexity index is 696. The highest BCUT2D eigenvalue weighted by Crippen LogP contribution is 2.33. The van der Waals surface area contributed by atoms with Gasteiger partial charge in [-0.05, 0) is 42.7 Å². The number of carbonyl (C=O) groups excluding carboxylic acids is 1. The molecular formula is C19H23N3O2. The molecular weight excluding hydrogens is 302 g/mol. The van der Waals surface area contributed by atoms with E-state index in [0.29, 0.717) is 5.56 Å². The van der Waals surface area contributed by atoms with Crippen LogP contribution >= 0.6 is 0 Å². The van der Waals surface area contributed by atoms with E-state index in [0.717, 1.165) is 36.5 Å². The minimum Gasteiger partial charge on any atom is -0.497 e. The Labute approximate surface area is 142 Å². The van der Waals surface area contributed by atoms with Crippen molar-refractivity contribution in [3.8, 4) is 5.75 Å². The lowest BCUT2D eigenvalue weighted by Gasteiger charge is -2.25. The second kappa shape index (κ2) is 6.91. The van der Waals surface area contributed by atoms with Gasteiger partial charge in [0.1, 0.15) is 11.6 Å². The van der Waals surface area contributed by atoms with E-state index >= 15 is 0 Å². The molecule has 1 aliphatic heterocycles. The first-order chi connectivity index (χ1) is 11.6. The lowest BCUT2D eigenvalue weighted by atomic mass is 10.0. The van der Waals surface area contributed by atoms with Crippen LogP contribution in [0.4, 0.5) is 5.82 Å². The standard InChI is InChI=1S/C19H23N3O2/c1-21(2)18-11-8-15(13-20-18)19(23)22-12-4-5-17(22)14-6-9-16(24-3)10-7-14/h6-11,13,17H,4-5,12H2,1-3H3. The number of anilines is 1. The largest absolute Gasteiger partial charge is 0.497 e. The van der Waals surface area contributed by atoms with Crippen molar-refractivity contribution in [2.45, 2.75) is 18.9 Å². The molecule has 24 heavy (non-hydrogen) atoms. The van der Waals surface area contributed by atoms with Gasteiger partial charge in [-0.15, -0.1) is 0 Å². The topological polar surface area (TPSA) is 45.7 Å². The quantitative estimate of drug-likeness (QED) is 0.866. The second-order valence-corrected chi connectivity index (χ2v) is 6.23. The van der Waals surface area contributed by atoms with Crippen molar-refractivity contribution in [2.75, 3.05) is 32.6 Å². The van der Waals surface area contributed by atoms with Gasteiger partial charge >= 0.3 is 0 Å². The molecule has 1 fully saturated rings.